The maximum Gasteiger partial charge on any atom is 0.224 e. The van der Waals surface area contributed by atoms with Gasteiger partial charge in [0, 0.05) is 25.7 Å². The van der Waals surface area contributed by atoms with Crippen LogP contribution >= 0.6 is 11.6 Å². The molecule has 21 heavy (non-hydrogen) atoms. The smallest absolute Gasteiger partial charge is 0.224 e. The Bertz CT molecular complexity index is 656. The average Bonchev–Trinajstić information content (AvgIpc) is 2.90. The molecule has 0 saturated heterocycles. The van der Waals surface area contributed by atoms with Gasteiger partial charge in [0.1, 0.15) is 0 Å². The number of hydrogen-bond acceptors (Lipinski definition) is 3. The van der Waals surface area contributed by atoms with E-state index in [1.165, 1.54) is 0 Å². The van der Waals surface area contributed by atoms with Crippen LogP contribution in [0.3, 0.4) is 0 Å². The number of fused-ring (bicyclic) bond motifs is 1. The van der Waals surface area contributed by atoms with Gasteiger partial charge in [0.2, 0.25) is 5.91 Å². The maximum atomic E-state index is 12.3. The minimum absolute atomic E-state index is 0.00942. The van der Waals surface area contributed by atoms with Crippen LogP contribution in [0.5, 0.6) is 0 Å². The molecule has 5 nitrogen and oxygen atoms in total. The second-order valence-electron chi connectivity index (χ2n) is 5.16. The number of carbonyl (C=O) groups excluding carboxylic acids is 1. The maximum absolute atomic E-state index is 12.3. The molecule has 1 aliphatic rings. The van der Waals surface area contributed by atoms with Gasteiger partial charge in [-0.15, -0.1) is 0 Å². The number of aliphatic hydroxyl groups is 1. The predicted molar refractivity (Wildman–Crippen MR) is 78.7 cm³/mol. The summed E-state index contributed by atoms with van der Waals surface area (Å²) in [5.41, 5.74) is 1.92. The Morgan fingerprint density at radius 3 is 3.00 bits per heavy atom. The standard InChI is InChI=1S/C15H16ClN3O2/c16-12-7-17-19(9-12)6-5-15(21)18-8-11-3-1-2-4-13(11)14(20)10-18/h1-4,7,9,14,20H,5-6,8,10H2/t14-/m0/s1. The molecule has 0 aliphatic carbocycles. The van der Waals surface area contributed by atoms with E-state index in [9.17, 15) is 9.90 Å². The number of β-amino-alcohol motifs (C(OH)–C–C–N with tert-alkyl or cyclic N) is 1. The van der Waals surface area contributed by atoms with Crippen molar-refractivity contribution in [1.29, 1.82) is 0 Å². The fourth-order valence-electron chi connectivity index (χ4n) is 2.60. The van der Waals surface area contributed by atoms with E-state index in [0.717, 1.165) is 11.1 Å². The Labute approximate surface area is 127 Å². The molecule has 1 atom stereocenters. The second-order valence-corrected chi connectivity index (χ2v) is 5.60. The molecular weight excluding hydrogens is 290 g/mol. The molecule has 1 amide bonds. The number of rotatable bonds is 3. The van der Waals surface area contributed by atoms with Gasteiger partial charge in [0.05, 0.1) is 23.9 Å². The Kier molecular flexibility index (Phi) is 3.94. The number of carbonyl (C=O) groups is 1. The molecule has 0 saturated carbocycles. The summed E-state index contributed by atoms with van der Waals surface area (Å²) >= 11 is 5.79. The topological polar surface area (TPSA) is 58.4 Å². The Morgan fingerprint density at radius 2 is 2.24 bits per heavy atom. The van der Waals surface area contributed by atoms with Gasteiger partial charge in [-0.1, -0.05) is 35.9 Å². The van der Waals surface area contributed by atoms with Crippen LogP contribution in [0.4, 0.5) is 0 Å². The normalized spacial score (nSPS) is 17.6. The molecule has 3 rings (SSSR count). The van der Waals surface area contributed by atoms with Gasteiger partial charge >= 0.3 is 0 Å². The van der Waals surface area contributed by atoms with Gasteiger partial charge in [-0.05, 0) is 11.1 Å². The van der Waals surface area contributed by atoms with Crippen LogP contribution < -0.4 is 0 Å². The van der Waals surface area contributed by atoms with Crippen molar-refractivity contribution in [2.24, 2.45) is 0 Å². The Balaban J connectivity index is 1.64. The Hall–Kier alpha value is -1.85. The average molecular weight is 306 g/mol. The lowest BCUT2D eigenvalue weighted by molar-refractivity contribution is -0.134. The first-order valence-electron chi connectivity index (χ1n) is 6.85. The van der Waals surface area contributed by atoms with Crippen molar-refractivity contribution >= 4 is 17.5 Å². The fraction of sp³-hybridized carbons (Fsp3) is 0.333. The molecule has 6 heteroatoms. The van der Waals surface area contributed by atoms with E-state index in [4.69, 9.17) is 11.6 Å². The van der Waals surface area contributed by atoms with Crippen molar-refractivity contribution in [2.45, 2.75) is 25.6 Å². The van der Waals surface area contributed by atoms with Crippen LogP contribution in [-0.2, 0) is 17.9 Å². The van der Waals surface area contributed by atoms with E-state index in [2.05, 4.69) is 5.10 Å². The van der Waals surface area contributed by atoms with Crippen molar-refractivity contribution in [1.82, 2.24) is 14.7 Å². The summed E-state index contributed by atoms with van der Waals surface area (Å²) in [6.07, 6.45) is 2.97. The lowest BCUT2D eigenvalue weighted by atomic mass is 9.97. The summed E-state index contributed by atoms with van der Waals surface area (Å²) in [7, 11) is 0. The third-order valence-electron chi connectivity index (χ3n) is 3.68. The van der Waals surface area contributed by atoms with Crippen LogP contribution in [0.15, 0.2) is 36.7 Å². The monoisotopic (exact) mass is 305 g/mol. The molecule has 0 unspecified atom stereocenters. The first-order chi connectivity index (χ1) is 10.1. The summed E-state index contributed by atoms with van der Waals surface area (Å²) in [6, 6.07) is 7.69. The van der Waals surface area contributed by atoms with Crippen LogP contribution in [-0.4, -0.2) is 32.2 Å². The van der Waals surface area contributed by atoms with Crippen LogP contribution in [0.1, 0.15) is 23.7 Å². The summed E-state index contributed by atoms with van der Waals surface area (Å²) < 4.78 is 1.65. The van der Waals surface area contributed by atoms with Crippen LogP contribution in [0.25, 0.3) is 0 Å². The number of halogens is 1. The van der Waals surface area contributed by atoms with Gasteiger partial charge in [-0.3, -0.25) is 9.48 Å². The molecule has 1 aliphatic heterocycles. The lowest BCUT2D eigenvalue weighted by Gasteiger charge is -2.32. The van der Waals surface area contributed by atoms with Gasteiger partial charge in [-0.25, -0.2) is 0 Å². The number of amides is 1. The molecule has 110 valence electrons. The minimum Gasteiger partial charge on any atom is -0.387 e. The van der Waals surface area contributed by atoms with E-state index in [-0.39, 0.29) is 5.91 Å². The van der Waals surface area contributed by atoms with Crippen LogP contribution in [0, 0.1) is 0 Å². The van der Waals surface area contributed by atoms with Crippen LogP contribution in [0.2, 0.25) is 5.02 Å². The highest BCUT2D eigenvalue weighted by atomic mass is 35.5. The highest BCUT2D eigenvalue weighted by molar-refractivity contribution is 6.30. The van der Waals surface area contributed by atoms with Gasteiger partial charge < -0.3 is 10.0 Å². The number of aliphatic hydroxyl groups excluding tert-OH is 1. The SMILES string of the molecule is O=C(CCn1cc(Cl)cn1)N1Cc2ccccc2[C@@H](O)C1. The molecule has 0 bridgehead atoms. The van der Waals surface area contributed by atoms with Crippen molar-refractivity contribution in [3.8, 4) is 0 Å². The summed E-state index contributed by atoms with van der Waals surface area (Å²) in [5, 5.41) is 14.7. The lowest BCUT2D eigenvalue weighted by Crippen LogP contribution is -2.38. The number of aryl methyl sites for hydroxylation is 1. The van der Waals surface area contributed by atoms with Crippen molar-refractivity contribution in [2.75, 3.05) is 6.54 Å². The van der Waals surface area contributed by atoms with Crippen molar-refractivity contribution < 1.29 is 9.90 Å². The first kappa shape index (κ1) is 14.1. The molecule has 0 radical (unpaired) electrons. The minimum atomic E-state index is -0.613. The van der Waals surface area contributed by atoms with Gasteiger partial charge in [-0.2, -0.15) is 5.10 Å². The highest BCUT2D eigenvalue weighted by Crippen LogP contribution is 2.26. The van der Waals surface area contributed by atoms with Crippen molar-refractivity contribution in [3.63, 3.8) is 0 Å². The molecule has 0 spiro atoms. The number of benzene rings is 1. The number of nitrogens with zero attached hydrogens (tertiary/aromatic N) is 3. The third kappa shape index (κ3) is 3.09. The zero-order chi connectivity index (χ0) is 14.8. The van der Waals surface area contributed by atoms with E-state index in [0.29, 0.717) is 31.1 Å². The van der Waals surface area contributed by atoms with E-state index >= 15 is 0 Å². The summed E-state index contributed by atoms with van der Waals surface area (Å²) in [6.45, 7) is 1.38. The molecular formula is C15H16ClN3O2. The largest absolute Gasteiger partial charge is 0.387 e. The number of aromatic nitrogens is 2. The van der Waals surface area contributed by atoms with Gasteiger partial charge in [0.15, 0.2) is 0 Å². The van der Waals surface area contributed by atoms with E-state index < -0.39 is 6.10 Å². The molecule has 2 heterocycles. The van der Waals surface area contributed by atoms with Gasteiger partial charge in [0.25, 0.3) is 0 Å². The summed E-state index contributed by atoms with van der Waals surface area (Å²) in [5.74, 6) is 0.00942. The highest BCUT2D eigenvalue weighted by Gasteiger charge is 2.26. The zero-order valence-electron chi connectivity index (χ0n) is 11.4. The number of hydrogen-bond donors (Lipinski definition) is 1. The fourth-order valence-corrected chi connectivity index (χ4v) is 2.76. The second kappa shape index (κ2) is 5.87. The molecule has 1 aromatic heterocycles. The van der Waals surface area contributed by atoms with E-state index in [1.54, 1.807) is 22.0 Å². The quantitative estimate of drug-likeness (QED) is 0.943. The summed E-state index contributed by atoms with van der Waals surface area (Å²) in [4.78, 5) is 14.0. The third-order valence-corrected chi connectivity index (χ3v) is 3.87. The molecule has 1 N–H and O–H groups in total. The molecule has 2 aromatic rings. The first-order valence-corrected chi connectivity index (χ1v) is 7.23. The van der Waals surface area contributed by atoms with Crippen molar-refractivity contribution in [3.05, 3.63) is 52.8 Å². The molecule has 0 fully saturated rings. The van der Waals surface area contributed by atoms with E-state index in [1.807, 2.05) is 24.3 Å². The molecule has 1 aromatic carbocycles. The zero-order valence-corrected chi connectivity index (χ0v) is 12.2. The Morgan fingerprint density at radius 1 is 1.43 bits per heavy atom. The predicted octanol–water partition coefficient (Wildman–Crippen LogP) is 2.00.